The highest BCUT2D eigenvalue weighted by molar-refractivity contribution is 9.10. The summed E-state index contributed by atoms with van der Waals surface area (Å²) in [5, 5.41) is 0.668. The Morgan fingerprint density at radius 3 is 2.43 bits per heavy atom. The fourth-order valence-corrected chi connectivity index (χ4v) is 2.86. The van der Waals surface area contributed by atoms with Crippen molar-refractivity contribution in [2.45, 2.75) is 32.4 Å². The molecule has 2 aromatic carbocycles. The molecule has 0 heterocycles. The van der Waals surface area contributed by atoms with E-state index in [9.17, 15) is 0 Å². The molecule has 0 aromatic heterocycles. The third kappa shape index (κ3) is 4.22. The number of hydrogen-bond acceptors (Lipinski definition) is 2. The van der Waals surface area contributed by atoms with Gasteiger partial charge in [0.15, 0.2) is 0 Å². The Bertz CT molecular complexity index is 600. The molecule has 0 radical (unpaired) electrons. The second-order valence-corrected chi connectivity index (χ2v) is 6.39. The predicted molar refractivity (Wildman–Crippen MR) is 92.0 cm³/mol. The van der Waals surface area contributed by atoms with Crippen LogP contribution in [0.5, 0.6) is 5.75 Å². The number of aryl methyl sites for hydroxylation is 1. The van der Waals surface area contributed by atoms with Gasteiger partial charge in [0, 0.05) is 11.1 Å². The third-order valence-corrected chi connectivity index (χ3v) is 4.27. The minimum atomic E-state index is -0.187. The van der Waals surface area contributed by atoms with Crippen molar-refractivity contribution < 1.29 is 4.74 Å². The number of ether oxygens (including phenoxy) is 1. The van der Waals surface area contributed by atoms with Gasteiger partial charge in [-0.3, -0.25) is 0 Å². The Labute approximate surface area is 139 Å². The van der Waals surface area contributed by atoms with Gasteiger partial charge in [0.2, 0.25) is 0 Å². The summed E-state index contributed by atoms with van der Waals surface area (Å²) >= 11 is 9.45. The fraction of sp³-hybridized carbons (Fsp3) is 0.294. The first-order valence-corrected chi connectivity index (χ1v) is 8.12. The quantitative estimate of drug-likeness (QED) is 0.780. The molecule has 0 amide bonds. The van der Waals surface area contributed by atoms with Crippen molar-refractivity contribution in [1.29, 1.82) is 0 Å². The molecular weight excluding hydrogens is 350 g/mol. The molecule has 2 rings (SSSR count). The van der Waals surface area contributed by atoms with Gasteiger partial charge in [-0.05, 0) is 53.0 Å². The SMILES string of the molecule is CCC(N)C(Oc1ccc(Cl)cc1Br)c1ccc(C)cc1. The van der Waals surface area contributed by atoms with Crippen molar-refractivity contribution in [2.24, 2.45) is 5.73 Å². The second-order valence-electron chi connectivity index (χ2n) is 5.10. The minimum Gasteiger partial charge on any atom is -0.483 e. The van der Waals surface area contributed by atoms with E-state index in [0.29, 0.717) is 5.02 Å². The van der Waals surface area contributed by atoms with E-state index >= 15 is 0 Å². The highest BCUT2D eigenvalue weighted by atomic mass is 79.9. The summed E-state index contributed by atoms with van der Waals surface area (Å²) in [5.41, 5.74) is 8.55. The Balaban J connectivity index is 2.30. The highest BCUT2D eigenvalue weighted by Crippen LogP contribution is 2.33. The standard InChI is InChI=1S/C17H19BrClNO/c1-3-15(20)17(12-6-4-11(2)5-7-12)21-16-9-8-13(19)10-14(16)18/h4-10,15,17H,3,20H2,1-2H3. The normalized spacial score (nSPS) is 13.8. The Morgan fingerprint density at radius 2 is 1.86 bits per heavy atom. The lowest BCUT2D eigenvalue weighted by Crippen LogP contribution is -2.31. The summed E-state index contributed by atoms with van der Waals surface area (Å²) < 4.78 is 6.98. The van der Waals surface area contributed by atoms with Gasteiger partial charge in [-0.15, -0.1) is 0 Å². The molecule has 0 aliphatic rings. The summed E-state index contributed by atoms with van der Waals surface area (Å²) in [4.78, 5) is 0. The van der Waals surface area contributed by atoms with Crippen LogP contribution in [0.4, 0.5) is 0 Å². The summed E-state index contributed by atoms with van der Waals surface area (Å²) in [5.74, 6) is 0.744. The summed E-state index contributed by atoms with van der Waals surface area (Å²) in [6.07, 6.45) is 0.650. The Morgan fingerprint density at radius 1 is 1.19 bits per heavy atom. The molecular formula is C17H19BrClNO. The molecule has 0 bridgehead atoms. The first-order chi connectivity index (χ1) is 10.0. The van der Waals surface area contributed by atoms with Crippen LogP contribution in [0.1, 0.15) is 30.6 Å². The van der Waals surface area contributed by atoms with Gasteiger partial charge >= 0.3 is 0 Å². The fourth-order valence-electron chi connectivity index (χ4n) is 2.08. The molecule has 2 aromatic rings. The zero-order chi connectivity index (χ0) is 15.4. The van der Waals surface area contributed by atoms with Gasteiger partial charge in [-0.25, -0.2) is 0 Å². The predicted octanol–water partition coefficient (Wildman–Crippen LogP) is 5.27. The summed E-state index contributed by atoms with van der Waals surface area (Å²) in [6.45, 7) is 4.13. The van der Waals surface area contributed by atoms with E-state index in [1.165, 1.54) is 5.56 Å². The van der Waals surface area contributed by atoms with E-state index in [1.807, 2.05) is 18.2 Å². The van der Waals surface area contributed by atoms with E-state index < -0.39 is 0 Å². The van der Waals surface area contributed by atoms with Gasteiger partial charge in [-0.1, -0.05) is 48.4 Å². The van der Waals surface area contributed by atoms with Crippen molar-refractivity contribution in [3.8, 4) is 5.75 Å². The maximum absolute atomic E-state index is 6.25. The van der Waals surface area contributed by atoms with Crippen LogP contribution in [0.3, 0.4) is 0 Å². The highest BCUT2D eigenvalue weighted by Gasteiger charge is 2.21. The summed E-state index contributed by atoms with van der Waals surface area (Å²) in [6, 6.07) is 13.7. The van der Waals surface area contributed by atoms with Gasteiger partial charge in [0.25, 0.3) is 0 Å². The zero-order valence-corrected chi connectivity index (χ0v) is 14.5. The average molecular weight is 369 g/mol. The van der Waals surface area contributed by atoms with Crippen molar-refractivity contribution in [3.05, 3.63) is 63.1 Å². The van der Waals surface area contributed by atoms with Crippen molar-refractivity contribution in [2.75, 3.05) is 0 Å². The molecule has 0 fully saturated rings. The molecule has 2 N–H and O–H groups in total. The molecule has 2 atom stereocenters. The maximum atomic E-state index is 6.25. The van der Waals surface area contributed by atoms with Crippen LogP contribution in [0.25, 0.3) is 0 Å². The zero-order valence-electron chi connectivity index (χ0n) is 12.1. The lowest BCUT2D eigenvalue weighted by atomic mass is 10.00. The largest absolute Gasteiger partial charge is 0.483 e. The molecule has 0 saturated heterocycles. The van der Waals surface area contributed by atoms with Crippen LogP contribution in [0.2, 0.25) is 5.02 Å². The van der Waals surface area contributed by atoms with E-state index in [-0.39, 0.29) is 12.1 Å². The number of benzene rings is 2. The Hall–Kier alpha value is -1.03. The van der Waals surface area contributed by atoms with Crippen molar-refractivity contribution >= 4 is 27.5 Å². The van der Waals surface area contributed by atoms with Crippen LogP contribution in [-0.4, -0.2) is 6.04 Å². The van der Waals surface area contributed by atoms with Crippen LogP contribution in [0, 0.1) is 6.92 Å². The second kappa shape index (κ2) is 7.30. The number of nitrogens with two attached hydrogens (primary N) is 1. The molecule has 0 aliphatic carbocycles. The van der Waals surface area contributed by atoms with Crippen molar-refractivity contribution in [3.63, 3.8) is 0 Å². The third-order valence-electron chi connectivity index (χ3n) is 3.41. The molecule has 4 heteroatoms. The lowest BCUT2D eigenvalue weighted by molar-refractivity contribution is 0.170. The molecule has 0 spiro atoms. The van der Waals surface area contributed by atoms with E-state index in [4.69, 9.17) is 22.1 Å². The van der Waals surface area contributed by atoms with E-state index in [0.717, 1.165) is 22.2 Å². The van der Waals surface area contributed by atoms with E-state index in [1.54, 1.807) is 0 Å². The van der Waals surface area contributed by atoms with Crippen LogP contribution < -0.4 is 10.5 Å². The molecule has 112 valence electrons. The Kier molecular flexibility index (Phi) is 5.68. The molecule has 0 aliphatic heterocycles. The van der Waals surface area contributed by atoms with E-state index in [2.05, 4.69) is 54.0 Å². The van der Waals surface area contributed by atoms with Crippen LogP contribution in [-0.2, 0) is 0 Å². The van der Waals surface area contributed by atoms with Gasteiger partial charge < -0.3 is 10.5 Å². The first-order valence-electron chi connectivity index (χ1n) is 6.95. The maximum Gasteiger partial charge on any atom is 0.139 e. The van der Waals surface area contributed by atoms with Gasteiger partial charge in [0.05, 0.1) is 4.47 Å². The first kappa shape index (κ1) is 16.3. The molecule has 2 unspecified atom stereocenters. The van der Waals surface area contributed by atoms with Crippen LogP contribution in [0.15, 0.2) is 46.9 Å². The molecule has 0 saturated carbocycles. The van der Waals surface area contributed by atoms with Gasteiger partial charge in [0.1, 0.15) is 11.9 Å². The van der Waals surface area contributed by atoms with Crippen molar-refractivity contribution in [1.82, 2.24) is 0 Å². The monoisotopic (exact) mass is 367 g/mol. The molecule has 2 nitrogen and oxygen atoms in total. The van der Waals surface area contributed by atoms with Crippen LogP contribution >= 0.6 is 27.5 Å². The van der Waals surface area contributed by atoms with Gasteiger partial charge in [-0.2, -0.15) is 0 Å². The topological polar surface area (TPSA) is 35.2 Å². The number of halogens is 2. The smallest absolute Gasteiger partial charge is 0.139 e. The summed E-state index contributed by atoms with van der Waals surface area (Å²) in [7, 11) is 0. The number of rotatable bonds is 5. The average Bonchev–Trinajstić information content (AvgIpc) is 2.47. The lowest BCUT2D eigenvalue weighted by Gasteiger charge is -2.25. The minimum absolute atomic E-state index is 0.0738. The molecule has 21 heavy (non-hydrogen) atoms. The number of hydrogen-bond donors (Lipinski definition) is 1.